The van der Waals surface area contributed by atoms with E-state index in [4.69, 9.17) is 21.4 Å². The Morgan fingerprint density at radius 2 is 2.20 bits per heavy atom. The monoisotopic (exact) mass is 298 g/mol. The molecule has 5 nitrogen and oxygen atoms in total. The summed E-state index contributed by atoms with van der Waals surface area (Å²) in [5, 5.41) is 9.09. The van der Waals surface area contributed by atoms with Crippen molar-refractivity contribution < 1.29 is 14.6 Å². The summed E-state index contributed by atoms with van der Waals surface area (Å²) in [5.74, 6) is -0.0111. The Bertz CT molecular complexity index is 431. The number of rotatable bonds is 5. The zero-order chi connectivity index (χ0) is 14.4. The van der Waals surface area contributed by atoms with E-state index in [2.05, 4.69) is 4.98 Å². The first-order valence-electron chi connectivity index (χ1n) is 6.84. The Morgan fingerprint density at radius 3 is 2.80 bits per heavy atom. The minimum Gasteiger partial charge on any atom is -0.396 e. The fourth-order valence-electron chi connectivity index (χ4n) is 2.23. The van der Waals surface area contributed by atoms with Gasteiger partial charge in [0.15, 0.2) is 0 Å². The van der Waals surface area contributed by atoms with E-state index in [-0.39, 0.29) is 18.6 Å². The molecule has 2 heterocycles. The molecule has 0 atom stereocenters. The highest BCUT2D eigenvalue weighted by molar-refractivity contribution is 6.29. The third-order valence-electron chi connectivity index (χ3n) is 3.36. The van der Waals surface area contributed by atoms with Crippen LogP contribution in [0.2, 0.25) is 5.15 Å². The van der Waals surface area contributed by atoms with Crippen LogP contribution in [0.1, 0.15) is 29.6 Å². The van der Waals surface area contributed by atoms with Crippen LogP contribution in [0, 0.1) is 0 Å². The number of halogens is 1. The fraction of sp³-hybridized carbons (Fsp3) is 0.571. The molecule has 0 aliphatic carbocycles. The van der Waals surface area contributed by atoms with Crippen LogP contribution >= 0.6 is 11.6 Å². The molecule has 0 spiro atoms. The van der Waals surface area contributed by atoms with E-state index in [9.17, 15) is 4.79 Å². The summed E-state index contributed by atoms with van der Waals surface area (Å²) in [5.41, 5.74) is 0.564. The van der Waals surface area contributed by atoms with E-state index in [0.717, 1.165) is 12.8 Å². The molecule has 1 amide bonds. The molecule has 1 saturated heterocycles. The van der Waals surface area contributed by atoms with E-state index in [1.807, 2.05) is 4.90 Å². The molecule has 1 aliphatic rings. The number of nitrogens with zero attached hydrogens (tertiary/aromatic N) is 2. The standard InChI is InChI=1S/C14H19ClN2O3/c15-13-3-2-11(10-16-13)14(19)17-6-4-12(5-7-17)20-9-1-8-18/h2-3,10,12,18H,1,4-9H2. The lowest BCUT2D eigenvalue weighted by Gasteiger charge is -2.32. The number of aliphatic hydroxyl groups is 1. The number of hydrogen-bond acceptors (Lipinski definition) is 4. The van der Waals surface area contributed by atoms with Crippen molar-refractivity contribution in [3.8, 4) is 0 Å². The largest absolute Gasteiger partial charge is 0.396 e. The Labute approximate surface area is 123 Å². The maximum absolute atomic E-state index is 12.2. The number of hydrogen-bond donors (Lipinski definition) is 1. The Morgan fingerprint density at radius 1 is 1.45 bits per heavy atom. The zero-order valence-corrected chi connectivity index (χ0v) is 12.1. The van der Waals surface area contributed by atoms with Crippen molar-refractivity contribution in [2.45, 2.75) is 25.4 Å². The van der Waals surface area contributed by atoms with Crippen molar-refractivity contribution in [1.82, 2.24) is 9.88 Å². The van der Waals surface area contributed by atoms with Crippen LogP contribution in [0.15, 0.2) is 18.3 Å². The van der Waals surface area contributed by atoms with Gasteiger partial charge < -0.3 is 14.7 Å². The van der Waals surface area contributed by atoms with Gasteiger partial charge in [0.1, 0.15) is 5.15 Å². The number of piperidine rings is 1. The predicted octanol–water partition coefficient (Wildman–Crippen LogP) is 1.74. The van der Waals surface area contributed by atoms with E-state index in [0.29, 0.717) is 36.8 Å². The van der Waals surface area contributed by atoms with Gasteiger partial charge in [0.05, 0.1) is 11.7 Å². The third kappa shape index (κ3) is 4.16. The third-order valence-corrected chi connectivity index (χ3v) is 3.58. The number of amides is 1. The second-order valence-corrected chi connectivity index (χ2v) is 5.20. The van der Waals surface area contributed by atoms with Crippen LogP contribution in [-0.4, -0.2) is 53.3 Å². The van der Waals surface area contributed by atoms with Crippen molar-refractivity contribution in [2.24, 2.45) is 0 Å². The molecule has 1 fully saturated rings. The van der Waals surface area contributed by atoms with Gasteiger partial charge in [0.25, 0.3) is 5.91 Å². The molecule has 0 aromatic carbocycles. The lowest BCUT2D eigenvalue weighted by molar-refractivity contribution is 0.00397. The molecule has 0 bridgehead atoms. The molecule has 1 aliphatic heterocycles. The number of likely N-dealkylation sites (tertiary alicyclic amines) is 1. The molecule has 1 aromatic rings. The maximum atomic E-state index is 12.2. The molecule has 0 saturated carbocycles. The molecule has 6 heteroatoms. The number of carbonyl (C=O) groups is 1. The second-order valence-electron chi connectivity index (χ2n) is 4.81. The van der Waals surface area contributed by atoms with Crippen LogP contribution in [0.3, 0.4) is 0 Å². The Hall–Kier alpha value is -1.17. The molecule has 20 heavy (non-hydrogen) atoms. The van der Waals surface area contributed by atoms with E-state index in [1.54, 1.807) is 12.1 Å². The summed E-state index contributed by atoms with van der Waals surface area (Å²) in [7, 11) is 0. The molecule has 1 N–H and O–H groups in total. The zero-order valence-electron chi connectivity index (χ0n) is 11.3. The minimum atomic E-state index is -0.0111. The average molecular weight is 299 g/mol. The van der Waals surface area contributed by atoms with Gasteiger partial charge in [-0.15, -0.1) is 0 Å². The van der Waals surface area contributed by atoms with Crippen LogP contribution < -0.4 is 0 Å². The van der Waals surface area contributed by atoms with Gasteiger partial charge in [0, 0.05) is 32.5 Å². The quantitative estimate of drug-likeness (QED) is 0.664. The van der Waals surface area contributed by atoms with Gasteiger partial charge in [-0.05, 0) is 31.4 Å². The number of ether oxygens (including phenoxy) is 1. The average Bonchev–Trinajstić information content (AvgIpc) is 2.48. The first-order chi connectivity index (χ1) is 9.70. The molecule has 110 valence electrons. The van der Waals surface area contributed by atoms with Crippen molar-refractivity contribution in [1.29, 1.82) is 0 Å². The van der Waals surface area contributed by atoms with E-state index < -0.39 is 0 Å². The van der Waals surface area contributed by atoms with Gasteiger partial charge >= 0.3 is 0 Å². The highest BCUT2D eigenvalue weighted by Gasteiger charge is 2.24. The van der Waals surface area contributed by atoms with Gasteiger partial charge in [0.2, 0.25) is 0 Å². The van der Waals surface area contributed by atoms with Crippen LogP contribution in [-0.2, 0) is 4.74 Å². The molecular formula is C14H19ClN2O3. The molecule has 1 aromatic heterocycles. The Kier molecular flexibility index (Phi) is 5.76. The summed E-state index contributed by atoms with van der Waals surface area (Å²) >= 11 is 5.71. The van der Waals surface area contributed by atoms with Gasteiger partial charge in [-0.3, -0.25) is 4.79 Å². The van der Waals surface area contributed by atoms with Gasteiger partial charge in [-0.2, -0.15) is 0 Å². The van der Waals surface area contributed by atoms with E-state index in [1.165, 1.54) is 6.20 Å². The van der Waals surface area contributed by atoms with Crippen molar-refractivity contribution >= 4 is 17.5 Å². The van der Waals surface area contributed by atoms with Gasteiger partial charge in [-0.1, -0.05) is 11.6 Å². The van der Waals surface area contributed by atoms with Crippen molar-refractivity contribution in [3.05, 3.63) is 29.0 Å². The lowest BCUT2D eigenvalue weighted by atomic mass is 10.1. The smallest absolute Gasteiger partial charge is 0.255 e. The second kappa shape index (κ2) is 7.57. The lowest BCUT2D eigenvalue weighted by Crippen LogP contribution is -2.41. The van der Waals surface area contributed by atoms with Crippen LogP contribution in [0.5, 0.6) is 0 Å². The van der Waals surface area contributed by atoms with E-state index >= 15 is 0 Å². The van der Waals surface area contributed by atoms with Crippen LogP contribution in [0.4, 0.5) is 0 Å². The van der Waals surface area contributed by atoms with Crippen molar-refractivity contribution in [3.63, 3.8) is 0 Å². The fourth-order valence-corrected chi connectivity index (χ4v) is 2.34. The highest BCUT2D eigenvalue weighted by atomic mass is 35.5. The summed E-state index contributed by atoms with van der Waals surface area (Å²) in [6.45, 7) is 2.10. The summed E-state index contributed by atoms with van der Waals surface area (Å²) in [6.07, 6.45) is 4.02. The normalized spacial score (nSPS) is 16.4. The first-order valence-corrected chi connectivity index (χ1v) is 7.22. The number of aromatic nitrogens is 1. The minimum absolute atomic E-state index is 0.0111. The van der Waals surface area contributed by atoms with Gasteiger partial charge in [-0.25, -0.2) is 4.98 Å². The maximum Gasteiger partial charge on any atom is 0.255 e. The number of pyridine rings is 1. The summed E-state index contributed by atoms with van der Waals surface area (Å²) in [6, 6.07) is 3.32. The predicted molar refractivity (Wildman–Crippen MR) is 75.8 cm³/mol. The first kappa shape index (κ1) is 15.2. The highest BCUT2D eigenvalue weighted by Crippen LogP contribution is 2.17. The SMILES string of the molecule is O=C(c1ccc(Cl)nc1)N1CCC(OCCCO)CC1. The summed E-state index contributed by atoms with van der Waals surface area (Å²) < 4.78 is 5.65. The van der Waals surface area contributed by atoms with Crippen molar-refractivity contribution in [2.75, 3.05) is 26.3 Å². The topological polar surface area (TPSA) is 62.7 Å². The number of carbonyl (C=O) groups excluding carboxylic acids is 1. The molecule has 0 unspecified atom stereocenters. The summed E-state index contributed by atoms with van der Waals surface area (Å²) in [4.78, 5) is 18.0. The molecular weight excluding hydrogens is 280 g/mol. The molecule has 0 radical (unpaired) electrons. The van der Waals surface area contributed by atoms with Crippen LogP contribution in [0.25, 0.3) is 0 Å². The Balaban J connectivity index is 1.81. The molecule has 2 rings (SSSR count). The number of aliphatic hydroxyl groups excluding tert-OH is 1.